The molecule has 2 atom stereocenters. The van der Waals surface area contributed by atoms with Crippen LogP contribution in [0.4, 0.5) is 0 Å². The van der Waals surface area contributed by atoms with Gasteiger partial charge in [0, 0.05) is 43.7 Å². The average Bonchev–Trinajstić information content (AvgIpc) is 3.95. The third-order valence-electron chi connectivity index (χ3n) is 11.8. The fourth-order valence-electron chi connectivity index (χ4n) is 9.31. The van der Waals surface area contributed by atoms with E-state index in [1.165, 1.54) is 43.7 Å². The van der Waals surface area contributed by atoms with Crippen LogP contribution in [0.5, 0.6) is 0 Å². The summed E-state index contributed by atoms with van der Waals surface area (Å²) in [5.41, 5.74) is 12.2. The summed E-state index contributed by atoms with van der Waals surface area (Å²) in [7, 11) is 0. The maximum absolute atomic E-state index is 6.54. The molecule has 4 heterocycles. The van der Waals surface area contributed by atoms with Crippen LogP contribution in [0.15, 0.2) is 192 Å². The second-order valence-electron chi connectivity index (χ2n) is 15.0. The quantitative estimate of drug-likeness (QED) is 0.165. The monoisotopic (exact) mass is 735 g/mol. The molecule has 1 aliphatic rings. The number of hydrogen-bond donors (Lipinski definition) is 3. The zero-order chi connectivity index (χ0) is 37.5. The fourth-order valence-corrected chi connectivity index (χ4v) is 9.31. The molecule has 1 aliphatic heterocycles. The van der Waals surface area contributed by atoms with Gasteiger partial charge in [0.05, 0.1) is 40.6 Å². The van der Waals surface area contributed by atoms with Gasteiger partial charge in [0.2, 0.25) is 0 Å². The van der Waals surface area contributed by atoms with Gasteiger partial charge in [0.1, 0.15) is 11.2 Å². The predicted octanol–water partition coefficient (Wildman–Crippen LogP) is 12.0. The van der Waals surface area contributed by atoms with Crippen LogP contribution in [0, 0.1) is 0 Å². The van der Waals surface area contributed by atoms with Crippen LogP contribution >= 0.6 is 0 Å². The van der Waals surface area contributed by atoms with Crippen LogP contribution in [-0.4, -0.2) is 9.13 Å². The van der Waals surface area contributed by atoms with Crippen molar-refractivity contribution in [1.29, 1.82) is 0 Å². The minimum absolute atomic E-state index is 0.0364. The maximum atomic E-state index is 6.54. The first kappa shape index (κ1) is 32.3. The lowest BCUT2D eigenvalue weighted by Gasteiger charge is -2.39. The van der Waals surface area contributed by atoms with Crippen molar-refractivity contribution in [3.05, 3.63) is 205 Å². The molecule has 2 unspecified atom stereocenters. The molecular formula is C51H37N5O. The van der Waals surface area contributed by atoms with Gasteiger partial charge in [0.15, 0.2) is 0 Å². The third-order valence-corrected chi connectivity index (χ3v) is 11.8. The lowest BCUT2D eigenvalue weighted by atomic mass is 10.0. The van der Waals surface area contributed by atoms with Gasteiger partial charge in [-0.2, -0.15) is 0 Å². The Morgan fingerprint density at radius 2 is 0.860 bits per heavy atom. The van der Waals surface area contributed by atoms with Gasteiger partial charge >= 0.3 is 0 Å². The Labute approximate surface area is 328 Å². The SMILES string of the molecule is c1ccc(C2NC(c3ccccc3)NC(c3ccc(-n4c5ccc6oc7ccccc7c6c5c5c4ccc4c6ccccc6n(-c6ccccc6)c45)cc3)N2)cc1. The smallest absolute Gasteiger partial charge is 0.136 e. The molecule has 8 aromatic carbocycles. The van der Waals surface area contributed by atoms with E-state index in [0.717, 1.165) is 49.9 Å². The Morgan fingerprint density at radius 1 is 0.333 bits per heavy atom. The second kappa shape index (κ2) is 12.8. The first-order valence-electron chi connectivity index (χ1n) is 19.6. The highest BCUT2D eigenvalue weighted by Gasteiger charge is 2.30. The minimum atomic E-state index is -0.0908. The maximum Gasteiger partial charge on any atom is 0.136 e. The van der Waals surface area contributed by atoms with Gasteiger partial charge in [-0.1, -0.05) is 133 Å². The lowest BCUT2D eigenvalue weighted by Crippen LogP contribution is -2.54. The molecule has 0 spiro atoms. The van der Waals surface area contributed by atoms with Crippen LogP contribution in [-0.2, 0) is 0 Å². The Kier molecular flexibility index (Phi) is 7.25. The number of benzene rings is 8. The largest absolute Gasteiger partial charge is 0.456 e. The molecular weight excluding hydrogens is 699 g/mol. The Bertz CT molecular complexity index is 3230. The van der Waals surface area contributed by atoms with E-state index < -0.39 is 0 Å². The zero-order valence-corrected chi connectivity index (χ0v) is 30.9. The van der Waals surface area contributed by atoms with E-state index in [2.05, 4.69) is 213 Å². The van der Waals surface area contributed by atoms with E-state index in [9.17, 15) is 0 Å². The summed E-state index contributed by atoms with van der Waals surface area (Å²) in [6.07, 6.45) is -0.164. The minimum Gasteiger partial charge on any atom is -0.456 e. The summed E-state index contributed by atoms with van der Waals surface area (Å²) in [6, 6.07) is 67.2. The molecule has 57 heavy (non-hydrogen) atoms. The van der Waals surface area contributed by atoms with Gasteiger partial charge in [-0.3, -0.25) is 16.0 Å². The molecule has 0 amide bonds. The van der Waals surface area contributed by atoms with Crippen molar-refractivity contribution in [2.24, 2.45) is 0 Å². The van der Waals surface area contributed by atoms with E-state index >= 15 is 0 Å². The van der Waals surface area contributed by atoms with Crippen molar-refractivity contribution >= 4 is 65.6 Å². The molecule has 272 valence electrons. The zero-order valence-electron chi connectivity index (χ0n) is 30.9. The molecule has 11 aromatic rings. The van der Waals surface area contributed by atoms with Gasteiger partial charge in [-0.25, -0.2) is 0 Å². The molecule has 1 saturated heterocycles. The number of hydrogen-bond acceptors (Lipinski definition) is 4. The number of nitrogens with zero attached hydrogens (tertiary/aromatic N) is 2. The van der Waals surface area contributed by atoms with Gasteiger partial charge in [-0.15, -0.1) is 0 Å². The highest BCUT2D eigenvalue weighted by Crippen LogP contribution is 2.46. The number of fused-ring (bicyclic) bond motifs is 11. The molecule has 3 N–H and O–H groups in total. The Balaban J connectivity index is 1.08. The summed E-state index contributed by atoms with van der Waals surface area (Å²) < 4.78 is 11.4. The van der Waals surface area contributed by atoms with E-state index in [1.54, 1.807) is 0 Å². The molecule has 12 rings (SSSR count). The van der Waals surface area contributed by atoms with E-state index in [-0.39, 0.29) is 18.5 Å². The highest BCUT2D eigenvalue weighted by molar-refractivity contribution is 6.34. The van der Waals surface area contributed by atoms with Crippen molar-refractivity contribution in [1.82, 2.24) is 25.1 Å². The molecule has 6 nitrogen and oxygen atoms in total. The van der Waals surface area contributed by atoms with E-state index in [0.29, 0.717) is 0 Å². The molecule has 6 heteroatoms. The van der Waals surface area contributed by atoms with Crippen LogP contribution in [0.1, 0.15) is 35.2 Å². The lowest BCUT2D eigenvalue weighted by molar-refractivity contribution is 0.203. The number of nitrogens with one attached hydrogen (secondary N) is 3. The second-order valence-corrected chi connectivity index (χ2v) is 15.0. The average molecular weight is 736 g/mol. The molecule has 3 aromatic heterocycles. The Morgan fingerprint density at radius 3 is 1.54 bits per heavy atom. The van der Waals surface area contributed by atoms with Crippen molar-refractivity contribution in [2.45, 2.75) is 18.5 Å². The first-order valence-corrected chi connectivity index (χ1v) is 19.6. The predicted molar refractivity (Wildman–Crippen MR) is 233 cm³/mol. The normalized spacial score (nSPS) is 17.4. The number of aromatic nitrogens is 2. The van der Waals surface area contributed by atoms with Crippen molar-refractivity contribution in [2.75, 3.05) is 0 Å². The number of furan rings is 1. The van der Waals surface area contributed by atoms with Crippen molar-refractivity contribution in [3.63, 3.8) is 0 Å². The van der Waals surface area contributed by atoms with Crippen LogP contribution in [0.3, 0.4) is 0 Å². The molecule has 1 fully saturated rings. The summed E-state index contributed by atoms with van der Waals surface area (Å²) in [5, 5.41) is 18.6. The fraction of sp³-hybridized carbons (Fsp3) is 0.0588. The van der Waals surface area contributed by atoms with Gasteiger partial charge < -0.3 is 13.6 Å². The number of rotatable bonds is 5. The van der Waals surface area contributed by atoms with Gasteiger partial charge in [0.25, 0.3) is 0 Å². The standard InChI is InChI=1S/C51H37N5O/c1-4-14-32(15-5-1)49-52-50(33-16-6-2-7-17-33)54-51(53-49)34-24-26-36(27-25-34)55-41-30-31-44-45(39-21-11-13-23-43(39)57-44)46(41)47-42(55)29-28-38-37-20-10-12-22-40(37)56(48(38)47)35-18-8-3-9-19-35/h1-31,49-54H. The Hall–Kier alpha value is -6.96. The van der Waals surface area contributed by atoms with Crippen LogP contribution < -0.4 is 16.0 Å². The summed E-state index contributed by atoms with van der Waals surface area (Å²) in [4.78, 5) is 0. The van der Waals surface area contributed by atoms with Crippen LogP contribution in [0.25, 0.3) is 76.9 Å². The highest BCUT2D eigenvalue weighted by atomic mass is 16.3. The summed E-state index contributed by atoms with van der Waals surface area (Å²) in [5.74, 6) is 0. The van der Waals surface area contributed by atoms with Crippen molar-refractivity contribution in [3.8, 4) is 11.4 Å². The van der Waals surface area contributed by atoms with Gasteiger partial charge in [-0.05, 0) is 71.3 Å². The van der Waals surface area contributed by atoms with E-state index in [1.807, 2.05) is 0 Å². The summed E-state index contributed by atoms with van der Waals surface area (Å²) in [6.45, 7) is 0. The number of para-hydroxylation sites is 3. The third kappa shape index (κ3) is 5.02. The first-order chi connectivity index (χ1) is 28.3. The van der Waals surface area contributed by atoms with Crippen LogP contribution in [0.2, 0.25) is 0 Å². The van der Waals surface area contributed by atoms with E-state index in [4.69, 9.17) is 4.42 Å². The molecule has 0 radical (unpaired) electrons. The van der Waals surface area contributed by atoms with Crippen molar-refractivity contribution < 1.29 is 4.42 Å². The molecule has 0 bridgehead atoms. The summed E-state index contributed by atoms with van der Waals surface area (Å²) >= 11 is 0. The molecule has 0 saturated carbocycles. The molecule has 0 aliphatic carbocycles. The topological polar surface area (TPSA) is 59.1 Å².